The van der Waals surface area contributed by atoms with Crippen molar-refractivity contribution in [3.63, 3.8) is 0 Å². The molecule has 1 rings (SSSR count). The van der Waals surface area contributed by atoms with Gasteiger partial charge >= 0.3 is 6.09 Å². The summed E-state index contributed by atoms with van der Waals surface area (Å²) in [6, 6.07) is 1.70. The first-order chi connectivity index (χ1) is 9.73. The molecule has 0 radical (unpaired) electrons. The molecule has 0 bridgehead atoms. The maximum atomic E-state index is 11.7. The van der Waals surface area contributed by atoms with Crippen LogP contribution < -0.4 is 16.6 Å². The highest BCUT2D eigenvalue weighted by atomic mass is 32.2. The fourth-order valence-corrected chi connectivity index (χ4v) is 2.64. The average molecular weight is 313 g/mol. The number of anilines is 1. The van der Waals surface area contributed by atoms with Crippen LogP contribution >= 0.6 is 11.8 Å². The molecule has 0 aliphatic rings. The van der Waals surface area contributed by atoms with E-state index in [0.29, 0.717) is 10.6 Å². The Kier molecular flexibility index (Phi) is 6.14. The van der Waals surface area contributed by atoms with Crippen molar-refractivity contribution in [2.45, 2.75) is 50.7 Å². The van der Waals surface area contributed by atoms with Gasteiger partial charge in [0.2, 0.25) is 0 Å². The molecular weight excluding hydrogens is 290 g/mol. The summed E-state index contributed by atoms with van der Waals surface area (Å²) in [4.78, 5) is 26.4. The summed E-state index contributed by atoms with van der Waals surface area (Å²) in [7, 11) is 0. The second-order valence-corrected chi connectivity index (χ2v) is 6.71. The molecule has 6 nitrogen and oxygen atoms in total. The van der Waals surface area contributed by atoms with Gasteiger partial charge in [0.1, 0.15) is 11.3 Å². The van der Waals surface area contributed by atoms with Crippen molar-refractivity contribution in [3.05, 3.63) is 22.6 Å². The fourth-order valence-electron chi connectivity index (χ4n) is 1.52. The van der Waals surface area contributed by atoms with Gasteiger partial charge in [-0.2, -0.15) is 0 Å². The van der Waals surface area contributed by atoms with Crippen LogP contribution in [0.2, 0.25) is 0 Å². The number of amides is 1. The number of hydrogen-bond donors (Lipinski definition) is 3. The number of carbonyl (C=O) groups excluding carboxylic acids is 1. The van der Waals surface area contributed by atoms with Gasteiger partial charge in [-0.1, -0.05) is 6.92 Å². The van der Waals surface area contributed by atoms with Crippen LogP contribution in [-0.2, 0) is 4.74 Å². The van der Waals surface area contributed by atoms with Crippen molar-refractivity contribution in [2.24, 2.45) is 0 Å². The van der Waals surface area contributed by atoms with E-state index in [2.05, 4.69) is 10.3 Å². The largest absolute Gasteiger partial charge is 0.444 e. The number of H-pyrrole nitrogens is 1. The van der Waals surface area contributed by atoms with Gasteiger partial charge in [-0.25, -0.2) is 4.79 Å². The summed E-state index contributed by atoms with van der Waals surface area (Å²) in [5.74, 6) is 0.614. The molecule has 0 fully saturated rings. The molecule has 21 heavy (non-hydrogen) atoms. The highest BCUT2D eigenvalue weighted by molar-refractivity contribution is 7.99. The minimum Gasteiger partial charge on any atom is -0.444 e. The molecule has 1 aromatic heterocycles. The number of carbonyl (C=O) groups is 1. The lowest BCUT2D eigenvalue weighted by molar-refractivity contribution is 0.0508. The number of rotatable bonds is 5. The number of nitrogen functional groups attached to an aromatic ring is 1. The average Bonchev–Trinajstić information content (AvgIpc) is 2.36. The summed E-state index contributed by atoms with van der Waals surface area (Å²) in [5.41, 5.74) is 5.10. The van der Waals surface area contributed by atoms with Gasteiger partial charge in [0.05, 0.1) is 0 Å². The van der Waals surface area contributed by atoms with E-state index < -0.39 is 11.7 Å². The third-order valence-corrected chi connectivity index (χ3v) is 3.85. The van der Waals surface area contributed by atoms with E-state index >= 15 is 0 Å². The van der Waals surface area contributed by atoms with Crippen molar-refractivity contribution >= 4 is 23.5 Å². The second kappa shape index (κ2) is 7.40. The van der Waals surface area contributed by atoms with E-state index in [1.54, 1.807) is 12.3 Å². The summed E-state index contributed by atoms with van der Waals surface area (Å²) in [6.07, 6.45) is 1.88. The van der Waals surface area contributed by atoms with Crippen LogP contribution in [-0.4, -0.2) is 28.5 Å². The van der Waals surface area contributed by atoms with E-state index in [9.17, 15) is 9.59 Å². The molecule has 0 aromatic carbocycles. The van der Waals surface area contributed by atoms with E-state index in [4.69, 9.17) is 10.5 Å². The maximum Gasteiger partial charge on any atom is 0.407 e. The first kappa shape index (κ1) is 17.4. The number of alkyl carbamates (subject to hydrolysis) is 1. The van der Waals surface area contributed by atoms with Crippen molar-refractivity contribution < 1.29 is 9.53 Å². The first-order valence-electron chi connectivity index (χ1n) is 6.82. The van der Waals surface area contributed by atoms with E-state index in [-0.39, 0.29) is 17.3 Å². The highest BCUT2D eigenvalue weighted by Crippen LogP contribution is 2.22. The summed E-state index contributed by atoms with van der Waals surface area (Å²) in [5, 5.41) is 2.82. The minimum absolute atomic E-state index is 0.0523. The molecule has 1 aromatic rings. The quantitative estimate of drug-likeness (QED) is 0.725. The number of hydrogen-bond acceptors (Lipinski definition) is 5. The number of ether oxygens (including phenoxy) is 1. The predicted octanol–water partition coefficient (Wildman–Crippen LogP) is 2.35. The van der Waals surface area contributed by atoms with Crippen LogP contribution in [0, 0.1) is 0 Å². The maximum absolute atomic E-state index is 11.7. The molecule has 1 amide bonds. The van der Waals surface area contributed by atoms with Crippen molar-refractivity contribution in [1.82, 2.24) is 10.3 Å². The van der Waals surface area contributed by atoms with Crippen LogP contribution in [0.4, 0.5) is 10.5 Å². The molecule has 1 atom stereocenters. The Morgan fingerprint density at radius 2 is 2.19 bits per heavy atom. The molecule has 1 heterocycles. The SMILES string of the molecule is CC[C@H](CSc1cc[nH]c(=O)c1N)NC(=O)OC(C)(C)C. The molecule has 0 aliphatic heterocycles. The number of pyridine rings is 1. The Labute approximate surface area is 128 Å². The molecule has 0 spiro atoms. The highest BCUT2D eigenvalue weighted by Gasteiger charge is 2.19. The monoisotopic (exact) mass is 313 g/mol. The molecular formula is C14H23N3O3S. The van der Waals surface area contributed by atoms with Gasteiger partial charge < -0.3 is 20.8 Å². The zero-order valence-electron chi connectivity index (χ0n) is 12.9. The summed E-state index contributed by atoms with van der Waals surface area (Å²) in [6.45, 7) is 7.43. The number of thioether (sulfide) groups is 1. The summed E-state index contributed by atoms with van der Waals surface area (Å²) < 4.78 is 5.23. The Morgan fingerprint density at radius 1 is 1.52 bits per heavy atom. The van der Waals surface area contributed by atoms with Crippen LogP contribution in [0.25, 0.3) is 0 Å². The zero-order valence-corrected chi connectivity index (χ0v) is 13.7. The zero-order chi connectivity index (χ0) is 16.0. The molecule has 118 valence electrons. The normalized spacial score (nSPS) is 12.8. The van der Waals surface area contributed by atoms with Gasteiger partial charge in [-0.15, -0.1) is 11.8 Å². The van der Waals surface area contributed by atoms with Crippen LogP contribution in [0.15, 0.2) is 22.0 Å². The van der Waals surface area contributed by atoms with E-state index in [1.807, 2.05) is 27.7 Å². The van der Waals surface area contributed by atoms with Crippen LogP contribution in [0.5, 0.6) is 0 Å². The molecule has 0 unspecified atom stereocenters. The lowest BCUT2D eigenvalue weighted by Crippen LogP contribution is -2.40. The Balaban J connectivity index is 2.57. The van der Waals surface area contributed by atoms with Gasteiger partial charge in [0.25, 0.3) is 5.56 Å². The minimum atomic E-state index is -0.521. The third kappa shape index (κ3) is 6.12. The Hall–Kier alpha value is -1.63. The molecule has 7 heteroatoms. The van der Waals surface area contributed by atoms with E-state index in [0.717, 1.165) is 6.42 Å². The standard InChI is InChI=1S/C14H23N3O3S/c1-5-9(17-13(19)20-14(2,3)4)8-21-10-6-7-16-12(18)11(10)15/h6-7,9H,5,8,15H2,1-4H3,(H,16,18)(H,17,19)/t9-/m1/s1. The first-order valence-corrected chi connectivity index (χ1v) is 7.81. The predicted molar refractivity (Wildman–Crippen MR) is 85.6 cm³/mol. The van der Waals surface area contributed by atoms with Gasteiger partial charge in [-0.05, 0) is 33.3 Å². The second-order valence-electron chi connectivity index (χ2n) is 5.65. The third-order valence-electron chi connectivity index (χ3n) is 2.61. The van der Waals surface area contributed by atoms with Gasteiger partial charge in [0.15, 0.2) is 0 Å². The van der Waals surface area contributed by atoms with Crippen LogP contribution in [0.3, 0.4) is 0 Å². The lowest BCUT2D eigenvalue weighted by atomic mass is 10.2. The summed E-state index contributed by atoms with van der Waals surface area (Å²) >= 11 is 1.44. The smallest absolute Gasteiger partial charge is 0.407 e. The number of nitrogens with one attached hydrogen (secondary N) is 2. The van der Waals surface area contributed by atoms with Crippen molar-refractivity contribution in [3.8, 4) is 0 Å². The fraction of sp³-hybridized carbons (Fsp3) is 0.571. The van der Waals surface area contributed by atoms with Gasteiger partial charge in [0, 0.05) is 22.9 Å². The molecule has 4 N–H and O–H groups in total. The number of nitrogens with two attached hydrogens (primary N) is 1. The van der Waals surface area contributed by atoms with Crippen molar-refractivity contribution in [1.29, 1.82) is 0 Å². The Morgan fingerprint density at radius 3 is 2.76 bits per heavy atom. The molecule has 0 saturated heterocycles. The van der Waals surface area contributed by atoms with E-state index in [1.165, 1.54) is 11.8 Å². The Bertz CT molecular complexity index is 537. The topological polar surface area (TPSA) is 97.2 Å². The number of aromatic nitrogens is 1. The molecule has 0 saturated carbocycles. The van der Waals surface area contributed by atoms with Crippen LogP contribution in [0.1, 0.15) is 34.1 Å². The lowest BCUT2D eigenvalue weighted by Gasteiger charge is -2.23. The van der Waals surface area contributed by atoms with Crippen molar-refractivity contribution in [2.75, 3.05) is 11.5 Å². The van der Waals surface area contributed by atoms with Gasteiger partial charge in [-0.3, -0.25) is 4.79 Å². The molecule has 0 aliphatic carbocycles. The number of aromatic amines is 1.